The van der Waals surface area contributed by atoms with Gasteiger partial charge in [0.1, 0.15) is 0 Å². The van der Waals surface area contributed by atoms with Crippen LogP contribution in [0.15, 0.2) is 12.3 Å². The van der Waals surface area contributed by atoms with Crippen LogP contribution in [0.2, 0.25) is 0 Å². The maximum atomic E-state index is 13.1. The minimum absolute atomic E-state index is 0.0311. The van der Waals surface area contributed by atoms with Gasteiger partial charge in [0, 0.05) is 22.7 Å². The molecule has 1 aliphatic rings. The topological polar surface area (TPSA) is 103 Å². The molecule has 32 heavy (non-hydrogen) atoms. The van der Waals surface area contributed by atoms with Gasteiger partial charge < -0.3 is 10.0 Å². The number of aromatic nitrogens is 1. The van der Waals surface area contributed by atoms with Crippen LogP contribution in [-0.4, -0.2) is 64.4 Å². The average Bonchev–Trinajstić information content (AvgIpc) is 3.44. The van der Waals surface area contributed by atoms with Crippen molar-refractivity contribution in [3.8, 4) is 0 Å². The maximum absolute atomic E-state index is 13.1. The van der Waals surface area contributed by atoms with Crippen LogP contribution in [0.5, 0.6) is 0 Å². The van der Waals surface area contributed by atoms with Crippen LogP contribution in [0, 0.1) is 12.1 Å². The molecule has 2 amide bonds. The molecule has 0 spiro atoms. The first kappa shape index (κ1) is 24.3. The van der Waals surface area contributed by atoms with Gasteiger partial charge in [0.25, 0.3) is 5.91 Å². The van der Waals surface area contributed by atoms with Crippen LogP contribution in [0.25, 0.3) is 0 Å². The Morgan fingerprint density at radius 1 is 1.34 bits per heavy atom. The van der Waals surface area contributed by atoms with Crippen LogP contribution >= 0.6 is 22.7 Å². The number of halogens is 1. The number of likely N-dealkylation sites (tertiary alicyclic amines) is 1. The summed E-state index contributed by atoms with van der Waals surface area (Å²) >= 11 is 2.27. The third-order valence-corrected chi connectivity index (χ3v) is 7.22. The average molecular weight is 483 g/mol. The fraction of sp³-hybridized carbons (Fsp3) is 0.524. The van der Waals surface area contributed by atoms with E-state index in [1.54, 1.807) is 0 Å². The van der Waals surface area contributed by atoms with Crippen molar-refractivity contribution in [1.29, 1.82) is 0 Å². The maximum Gasteiger partial charge on any atom is 0.303 e. The highest BCUT2D eigenvalue weighted by atomic mass is 32.1. The fourth-order valence-corrected chi connectivity index (χ4v) is 5.50. The smallest absolute Gasteiger partial charge is 0.303 e. The first-order valence-corrected chi connectivity index (χ1v) is 12.1. The second kappa shape index (κ2) is 11.0. The zero-order valence-corrected chi connectivity index (χ0v) is 19.7. The molecule has 2 aromatic heterocycles. The molecule has 0 saturated carbocycles. The van der Waals surface area contributed by atoms with Crippen molar-refractivity contribution in [2.45, 2.75) is 45.1 Å². The molecular formula is C21H27FN4O4S2. The monoisotopic (exact) mass is 482 g/mol. The summed E-state index contributed by atoms with van der Waals surface area (Å²) in [5, 5.41) is 11.1. The predicted octanol–water partition coefficient (Wildman–Crippen LogP) is 3.75. The number of carbonyl (C=O) groups is 3. The Bertz CT molecular complexity index is 977. The number of thiophene rings is 1. The van der Waals surface area contributed by atoms with Gasteiger partial charge in [0.05, 0.1) is 24.3 Å². The number of carboxylic acids is 1. The van der Waals surface area contributed by atoms with E-state index in [2.05, 4.69) is 10.3 Å². The van der Waals surface area contributed by atoms with Crippen molar-refractivity contribution in [2.75, 3.05) is 32.0 Å². The number of unbranched alkanes of at least 4 members (excludes halogenated alkanes) is 1. The number of thiazole rings is 1. The number of aryl methyl sites for hydroxylation is 1. The number of amides is 2. The molecule has 0 aromatic carbocycles. The van der Waals surface area contributed by atoms with Crippen molar-refractivity contribution in [3.63, 3.8) is 0 Å². The number of anilines is 1. The standard InChI is InChI=1S/C21H27FN4O4S2/c1-13-14(20(30)24-21-23-11-17(22)32-21)10-16(31-13)15-6-5-9-26(15)18(27)12-25(2)8-4-3-7-19(28)29/h10-11,15H,3-9,12H2,1-2H3,(H,28,29)(H,23,24,30). The molecule has 0 aliphatic carbocycles. The SMILES string of the molecule is Cc1sc(C2CCCN2C(=O)CN(C)CCCCC(=O)O)cc1C(=O)Nc1ncc(F)s1. The normalized spacial score (nSPS) is 16.0. The second-order valence-corrected chi connectivity index (χ2v) is 10.1. The molecular weight excluding hydrogens is 455 g/mol. The zero-order valence-electron chi connectivity index (χ0n) is 18.1. The van der Waals surface area contributed by atoms with E-state index in [0.717, 1.165) is 46.6 Å². The van der Waals surface area contributed by atoms with Crippen LogP contribution in [0.1, 0.15) is 58.3 Å². The largest absolute Gasteiger partial charge is 0.481 e. The lowest BCUT2D eigenvalue weighted by Gasteiger charge is -2.26. The van der Waals surface area contributed by atoms with Gasteiger partial charge in [-0.25, -0.2) is 4.98 Å². The molecule has 2 N–H and O–H groups in total. The van der Waals surface area contributed by atoms with E-state index in [1.807, 2.05) is 29.8 Å². The molecule has 1 atom stereocenters. The highest BCUT2D eigenvalue weighted by Gasteiger charge is 2.32. The summed E-state index contributed by atoms with van der Waals surface area (Å²) in [5.74, 6) is -1.11. The summed E-state index contributed by atoms with van der Waals surface area (Å²) in [6.45, 7) is 3.47. The molecule has 2 aromatic rings. The fourth-order valence-electron chi connectivity index (χ4n) is 3.79. The number of hydrogen-bond acceptors (Lipinski definition) is 7. The number of likely N-dealkylation sites (N-methyl/N-ethyl adjacent to an activating group) is 1. The number of nitrogens with zero attached hydrogens (tertiary/aromatic N) is 3. The quantitative estimate of drug-likeness (QED) is 0.500. The highest BCUT2D eigenvalue weighted by Crippen LogP contribution is 2.37. The lowest BCUT2D eigenvalue weighted by Crippen LogP contribution is -2.38. The zero-order chi connectivity index (χ0) is 23.3. The first-order chi connectivity index (χ1) is 15.2. The van der Waals surface area contributed by atoms with Crippen LogP contribution in [0.4, 0.5) is 9.52 Å². The van der Waals surface area contributed by atoms with Gasteiger partial charge in [-0.1, -0.05) is 11.3 Å². The Morgan fingerprint density at radius 2 is 2.12 bits per heavy atom. The van der Waals surface area contributed by atoms with Gasteiger partial charge in [0.15, 0.2) is 10.3 Å². The minimum Gasteiger partial charge on any atom is -0.481 e. The van der Waals surface area contributed by atoms with Gasteiger partial charge in [0.2, 0.25) is 5.91 Å². The molecule has 0 radical (unpaired) electrons. The summed E-state index contributed by atoms with van der Waals surface area (Å²) in [4.78, 5) is 45.6. The number of carboxylic acid groups (broad SMARTS) is 1. The van der Waals surface area contributed by atoms with Crippen LogP contribution < -0.4 is 5.32 Å². The molecule has 1 unspecified atom stereocenters. The molecule has 1 saturated heterocycles. The van der Waals surface area contributed by atoms with Gasteiger partial charge in [-0.2, -0.15) is 4.39 Å². The second-order valence-electron chi connectivity index (χ2n) is 7.88. The van der Waals surface area contributed by atoms with E-state index in [4.69, 9.17) is 5.11 Å². The molecule has 1 aliphatic heterocycles. The van der Waals surface area contributed by atoms with Crippen molar-refractivity contribution in [2.24, 2.45) is 0 Å². The van der Waals surface area contributed by atoms with Crippen LogP contribution in [0.3, 0.4) is 0 Å². The Morgan fingerprint density at radius 3 is 2.81 bits per heavy atom. The molecule has 3 rings (SSSR count). The van der Waals surface area contributed by atoms with Crippen molar-refractivity contribution in [3.05, 3.63) is 32.7 Å². The van der Waals surface area contributed by atoms with Gasteiger partial charge in [-0.05, 0) is 52.3 Å². The third kappa shape index (κ3) is 6.33. The minimum atomic E-state index is -0.804. The number of carbonyl (C=O) groups excluding carboxylic acids is 2. The lowest BCUT2D eigenvalue weighted by atomic mass is 10.1. The predicted molar refractivity (Wildman–Crippen MR) is 122 cm³/mol. The summed E-state index contributed by atoms with van der Waals surface area (Å²) < 4.78 is 13.1. The molecule has 3 heterocycles. The molecule has 11 heteroatoms. The molecule has 1 fully saturated rings. The third-order valence-electron chi connectivity index (χ3n) is 5.37. The Hall–Kier alpha value is -2.37. The number of nitrogens with one attached hydrogen (secondary N) is 1. The Balaban J connectivity index is 1.59. The van der Waals surface area contributed by atoms with Crippen molar-refractivity contribution < 1.29 is 23.9 Å². The Labute approximate surface area is 194 Å². The van der Waals surface area contributed by atoms with Gasteiger partial charge in [-0.15, -0.1) is 11.3 Å². The van der Waals surface area contributed by atoms with E-state index >= 15 is 0 Å². The molecule has 174 valence electrons. The summed E-state index contributed by atoms with van der Waals surface area (Å²) in [5.41, 5.74) is 0.510. The number of rotatable bonds is 10. The van der Waals surface area contributed by atoms with Crippen molar-refractivity contribution in [1.82, 2.24) is 14.8 Å². The van der Waals surface area contributed by atoms with E-state index in [9.17, 15) is 18.8 Å². The van der Waals surface area contributed by atoms with E-state index < -0.39 is 11.1 Å². The highest BCUT2D eigenvalue weighted by molar-refractivity contribution is 7.14. The molecule has 8 nitrogen and oxygen atoms in total. The van der Waals surface area contributed by atoms with E-state index in [-0.39, 0.29) is 36.0 Å². The number of aliphatic carboxylic acids is 1. The Kier molecular flexibility index (Phi) is 8.32. The summed E-state index contributed by atoms with van der Waals surface area (Å²) in [6.07, 6.45) is 4.26. The lowest BCUT2D eigenvalue weighted by molar-refractivity contribution is -0.137. The first-order valence-electron chi connectivity index (χ1n) is 10.5. The van der Waals surface area contributed by atoms with Crippen molar-refractivity contribution >= 4 is 45.6 Å². The van der Waals surface area contributed by atoms with Crippen LogP contribution in [-0.2, 0) is 9.59 Å². The summed E-state index contributed by atoms with van der Waals surface area (Å²) in [7, 11) is 1.86. The van der Waals surface area contributed by atoms with E-state index in [0.29, 0.717) is 25.1 Å². The van der Waals surface area contributed by atoms with Gasteiger partial charge >= 0.3 is 5.97 Å². The number of hydrogen-bond donors (Lipinski definition) is 2. The van der Waals surface area contributed by atoms with Gasteiger partial charge in [-0.3, -0.25) is 24.6 Å². The molecule has 0 bridgehead atoms. The van der Waals surface area contributed by atoms with E-state index in [1.165, 1.54) is 11.3 Å². The summed E-state index contributed by atoms with van der Waals surface area (Å²) in [6, 6.07) is 1.76.